The van der Waals surface area contributed by atoms with Crippen molar-refractivity contribution in [3.8, 4) is 0 Å². The predicted octanol–water partition coefficient (Wildman–Crippen LogP) is 4.04. The van der Waals surface area contributed by atoms with E-state index in [1.165, 1.54) is 16.2 Å². The zero-order chi connectivity index (χ0) is 13.9. The van der Waals surface area contributed by atoms with E-state index in [1.807, 2.05) is 11.3 Å². The van der Waals surface area contributed by atoms with E-state index in [0.717, 1.165) is 45.4 Å². The highest BCUT2D eigenvalue weighted by molar-refractivity contribution is 7.11. The van der Waals surface area contributed by atoms with Gasteiger partial charge in [0, 0.05) is 29.0 Å². The second-order valence-electron chi connectivity index (χ2n) is 4.98. The van der Waals surface area contributed by atoms with Crippen LogP contribution in [0.25, 0.3) is 0 Å². The Labute approximate surface area is 122 Å². The van der Waals surface area contributed by atoms with Crippen molar-refractivity contribution < 1.29 is 4.74 Å². The highest BCUT2D eigenvalue weighted by Gasteiger charge is 2.10. The first-order valence-electron chi connectivity index (χ1n) is 7.68. The molecular formula is C16H29NOS. The summed E-state index contributed by atoms with van der Waals surface area (Å²) < 4.78 is 5.62. The van der Waals surface area contributed by atoms with Gasteiger partial charge in [0.2, 0.25) is 0 Å². The monoisotopic (exact) mass is 283 g/mol. The number of aryl methyl sites for hydroxylation is 1. The van der Waals surface area contributed by atoms with Crippen LogP contribution in [0.3, 0.4) is 0 Å². The zero-order valence-electron chi connectivity index (χ0n) is 12.7. The number of rotatable bonds is 11. The van der Waals surface area contributed by atoms with Crippen molar-refractivity contribution in [2.45, 2.75) is 58.9 Å². The normalized spacial score (nSPS) is 12.8. The van der Waals surface area contributed by atoms with E-state index in [0.29, 0.717) is 6.04 Å². The molecule has 0 aliphatic heterocycles. The molecule has 1 heterocycles. The Morgan fingerprint density at radius 3 is 2.53 bits per heavy atom. The maximum atomic E-state index is 5.62. The Morgan fingerprint density at radius 1 is 1.11 bits per heavy atom. The minimum absolute atomic E-state index is 0.556. The van der Waals surface area contributed by atoms with Crippen molar-refractivity contribution in [2.24, 2.45) is 0 Å². The largest absolute Gasteiger partial charge is 0.381 e. The molecule has 0 amide bonds. The molecule has 0 aliphatic carbocycles. The third-order valence-corrected chi connectivity index (χ3v) is 4.41. The van der Waals surface area contributed by atoms with Crippen LogP contribution >= 0.6 is 11.3 Å². The van der Waals surface area contributed by atoms with E-state index >= 15 is 0 Å². The Balaban J connectivity index is 2.38. The summed E-state index contributed by atoms with van der Waals surface area (Å²) >= 11 is 1.96. The lowest BCUT2D eigenvalue weighted by Crippen LogP contribution is -2.32. The summed E-state index contributed by atoms with van der Waals surface area (Å²) in [5, 5.41) is 3.65. The molecule has 0 fully saturated rings. The lowest BCUT2D eigenvalue weighted by atomic mass is 10.1. The Morgan fingerprint density at radius 2 is 1.89 bits per heavy atom. The minimum atomic E-state index is 0.556. The molecule has 0 bridgehead atoms. The topological polar surface area (TPSA) is 21.3 Å². The first-order chi connectivity index (χ1) is 9.30. The molecule has 0 aliphatic rings. The van der Waals surface area contributed by atoms with Gasteiger partial charge in [-0.2, -0.15) is 0 Å². The maximum absolute atomic E-state index is 5.62. The van der Waals surface area contributed by atoms with Crippen LogP contribution in [0.15, 0.2) is 12.1 Å². The van der Waals surface area contributed by atoms with Crippen LogP contribution in [0.5, 0.6) is 0 Å². The average Bonchev–Trinajstić information content (AvgIpc) is 2.88. The summed E-state index contributed by atoms with van der Waals surface area (Å²) in [6.45, 7) is 9.47. The second-order valence-corrected chi connectivity index (χ2v) is 6.23. The molecular weight excluding hydrogens is 254 g/mol. The van der Waals surface area contributed by atoms with E-state index in [1.54, 1.807) is 0 Å². The van der Waals surface area contributed by atoms with E-state index in [2.05, 4.69) is 38.2 Å². The molecule has 1 unspecified atom stereocenters. The summed E-state index contributed by atoms with van der Waals surface area (Å²) in [7, 11) is 0. The maximum Gasteiger partial charge on any atom is 0.0480 e. The van der Waals surface area contributed by atoms with E-state index in [-0.39, 0.29) is 0 Å². The molecule has 1 N–H and O–H groups in total. The van der Waals surface area contributed by atoms with Crippen LogP contribution in [0.4, 0.5) is 0 Å². The van der Waals surface area contributed by atoms with Gasteiger partial charge in [0.15, 0.2) is 0 Å². The van der Waals surface area contributed by atoms with Crippen molar-refractivity contribution in [3.63, 3.8) is 0 Å². The number of hydrogen-bond donors (Lipinski definition) is 1. The van der Waals surface area contributed by atoms with Gasteiger partial charge in [-0.3, -0.25) is 0 Å². The first-order valence-corrected chi connectivity index (χ1v) is 8.50. The Hall–Kier alpha value is -0.380. The summed E-state index contributed by atoms with van der Waals surface area (Å²) in [5.74, 6) is 0. The van der Waals surface area contributed by atoms with Crippen LogP contribution in [0, 0.1) is 0 Å². The lowest BCUT2D eigenvalue weighted by molar-refractivity contribution is 0.124. The number of thiophene rings is 1. The van der Waals surface area contributed by atoms with Gasteiger partial charge in [-0.05, 0) is 50.8 Å². The van der Waals surface area contributed by atoms with Gasteiger partial charge >= 0.3 is 0 Å². The lowest BCUT2D eigenvalue weighted by Gasteiger charge is -2.17. The van der Waals surface area contributed by atoms with E-state index in [9.17, 15) is 0 Å². The summed E-state index contributed by atoms with van der Waals surface area (Å²) in [4.78, 5) is 2.99. The molecule has 1 aromatic heterocycles. The number of nitrogens with one attached hydrogen (secondary N) is 1. The summed E-state index contributed by atoms with van der Waals surface area (Å²) in [6, 6.07) is 5.11. The SMILES string of the molecule is CCCNC(CCOCCC)Cc1ccc(CC)s1. The number of ether oxygens (including phenoxy) is 1. The van der Waals surface area contributed by atoms with Gasteiger partial charge in [0.25, 0.3) is 0 Å². The van der Waals surface area contributed by atoms with Crippen LogP contribution in [0.2, 0.25) is 0 Å². The molecule has 19 heavy (non-hydrogen) atoms. The van der Waals surface area contributed by atoms with Gasteiger partial charge in [0.05, 0.1) is 0 Å². The fourth-order valence-electron chi connectivity index (χ4n) is 2.06. The average molecular weight is 283 g/mol. The van der Waals surface area contributed by atoms with Crippen LogP contribution in [-0.2, 0) is 17.6 Å². The van der Waals surface area contributed by atoms with Gasteiger partial charge in [-0.25, -0.2) is 0 Å². The van der Waals surface area contributed by atoms with Gasteiger partial charge in [-0.1, -0.05) is 20.8 Å². The zero-order valence-corrected chi connectivity index (χ0v) is 13.5. The fourth-order valence-corrected chi connectivity index (χ4v) is 3.10. The molecule has 1 atom stereocenters. The van der Waals surface area contributed by atoms with Crippen molar-refractivity contribution in [1.82, 2.24) is 5.32 Å². The summed E-state index contributed by atoms with van der Waals surface area (Å²) in [5.41, 5.74) is 0. The van der Waals surface area contributed by atoms with Crippen LogP contribution < -0.4 is 5.32 Å². The van der Waals surface area contributed by atoms with Crippen molar-refractivity contribution in [2.75, 3.05) is 19.8 Å². The third kappa shape index (κ3) is 7.09. The van der Waals surface area contributed by atoms with Crippen molar-refractivity contribution in [3.05, 3.63) is 21.9 Å². The highest BCUT2D eigenvalue weighted by Crippen LogP contribution is 2.19. The molecule has 2 nitrogen and oxygen atoms in total. The molecule has 110 valence electrons. The second kappa shape index (κ2) is 10.4. The smallest absolute Gasteiger partial charge is 0.0480 e. The van der Waals surface area contributed by atoms with Gasteiger partial charge in [0.1, 0.15) is 0 Å². The molecule has 0 spiro atoms. The van der Waals surface area contributed by atoms with Gasteiger partial charge < -0.3 is 10.1 Å². The van der Waals surface area contributed by atoms with Crippen molar-refractivity contribution in [1.29, 1.82) is 0 Å². The standard InChI is InChI=1S/C16H29NOS/c1-4-10-17-14(9-12-18-11-5-2)13-16-8-7-15(6-3)19-16/h7-8,14,17H,4-6,9-13H2,1-3H3. The third-order valence-electron chi connectivity index (χ3n) is 3.16. The van der Waals surface area contributed by atoms with Crippen molar-refractivity contribution >= 4 is 11.3 Å². The Kier molecular flexibility index (Phi) is 9.14. The highest BCUT2D eigenvalue weighted by atomic mass is 32.1. The quantitative estimate of drug-likeness (QED) is 0.619. The van der Waals surface area contributed by atoms with Crippen LogP contribution in [0.1, 0.15) is 49.8 Å². The predicted molar refractivity (Wildman–Crippen MR) is 85.2 cm³/mol. The molecule has 0 aromatic carbocycles. The molecule has 1 rings (SSSR count). The number of hydrogen-bond acceptors (Lipinski definition) is 3. The fraction of sp³-hybridized carbons (Fsp3) is 0.750. The van der Waals surface area contributed by atoms with E-state index in [4.69, 9.17) is 4.74 Å². The van der Waals surface area contributed by atoms with Crippen LogP contribution in [-0.4, -0.2) is 25.8 Å². The molecule has 0 saturated heterocycles. The first kappa shape index (κ1) is 16.7. The molecule has 1 aromatic rings. The van der Waals surface area contributed by atoms with E-state index < -0.39 is 0 Å². The Bertz CT molecular complexity index is 324. The van der Waals surface area contributed by atoms with Gasteiger partial charge in [-0.15, -0.1) is 11.3 Å². The molecule has 0 saturated carbocycles. The minimum Gasteiger partial charge on any atom is -0.381 e. The molecule has 3 heteroatoms. The molecule has 0 radical (unpaired) electrons. The summed E-state index contributed by atoms with van der Waals surface area (Å²) in [6.07, 6.45) is 5.70.